The number of methoxy groups -OCH3 is 2. The fourth-order valence-corrected chi connectivity index (χ4v) is 2.35. The number of benzene rings is 1. The smallest absolute Gasteiger partial charge is 0.171 e. The predicted molar refractivity (Wildman–Crippen MR) is 82.3 cm³/mol. The van der Waals surface area contributed by atoms with Crippen LogP contribution in [-0.2, 0) is 10.8 Å². The summed E-state index contributed by atoms with van der Waals surface area (Å²) >= 11 is 0. The van der Waals surface area contributed by atoms with Gasteiger partial charge in [-0.2, -0.15) is 0 Å². The van der Waals surface area contributed by atoms with Gasteiger partial charge in [-0.15, -0.1) is 0 Å². The number of carbonyl (C=O) groups excluding carboxylic acids is 1. The average Bonchev–Trinajstić information content (AvgIpc) is 2.33. The zero-order valence-electron chi connectivity index (χ0n) is 13.9. The highest BCUT2D eigenvalue weighted by molar-refractivity contribution is 5.85. The molecule has 0 aliphatic carbocycles. The molecule has 0 heterocycles. The van der Waals surface area contributed by atoms with Crippen LogP contribution in [0.5, 0.6) is 11.5 Å². The van der Waals surface area contributed by atoms with Crippen LogP contribution >= 0.6 is 0 Å². The highest BCUT2D eigenvalue weighted by Gasteiger charge is 2.30. The van der Waals surface area contributed by atoms with E-state index in [-0.39, 0.29) is 10.8 Å². The van der Waals surface area contributed by atoms with Gasteiger partial charge in [-0.05, 0) is 16.4 Å². The molecule has 0 spiro atoms. The van der Waals surface area contributed by atoms with E-state index in [4.69, 9.17) is 9.47 Å². The minimum Gasteiger partial charge on any atom is -0.493 e. The van der Waals surface area contributed by atoms with Gasteiger partial charge in [-0.1, -0.05) is 47.6 Å². The molecule has 0 amide bonds. The number of ether oxygens (including phenoxy) is 2. The van der Waals surface area contributed by atoms with Crippen LogP contribution in [0, 0.1) is 0 Å². The molecular weight excluding hydrogens is 252 g/mol. The van der Waals surface area contributed by atoms with Crippen LogP contribution in [-0.4, -0.2) is 20.5 Å². The molecule has 112 valence electrons. The lowest BCUT2D eigenvalue weighted by Crippen LogP contribution is -2.20. The van der Waals surface area contributed by atoms with Crippen LogP contribution in [0.25, 0.3) is 0 Å². The van der Waals surface area contributed by atoms with Crippen molar-refractivity contribution >= 4 is 6.29 Å². The SMILES string of the molecule is COc1c(C(C)(C)C)cc(C(C)(C)C)c(C=O)c1OC. The van der Waals surface area contributed by atoms with Crippen molar-refractivity contribution in [2.45, 2.75) is 52.4 Å². The Morgan fingerprint density at radius 2 is 1.30 bits per heavy atom. The van der Waals surface area contributed by atoms with Crippen molar-refractivity contribution in [1.29, 1.82) is 0 Å². The van der Waals surface area contributed by atoms with Crippen molar-refractivity contribution < 1.29 is 14.3 Å². The lowest BCUT2D eigenvalue weighted by molar-refractivity contribution is 0.111. The van der Waals surface area contributed by atoms with Crippen molar-refractivity contribution in [3.63, 3.8) is 0 Å². The molecule has 0 saturated heterocycles. The maximum Gasteiger partial charge on any atom is 0.171 e. The first-order valence-corrected chi connectivity index (χ1v) is 6.83. The number of rotatable bonds is 3. The maximum absolute atomic E-state index is 11.5. The van der Waals surface area contributed by atoms with Crippen LogP contribution in [0.15, 0.2) is 6.07 Å². The van der Waals surface area contributed by atoms with E-state index >= 15 is 0 Å². The van der Waals surface area contributed by atoms with Crippen LogP contribution in [0.1, 0.15) is 63.0 Å². The average molecular weight is 278 g/mol. The molecule has 0 saturated carbocycles. The third-order valence-electron chi connectivity index (χ3n) is 3.42. The third kappa shape index (κ3) is 2.97. The van der Waals surface area contributed by atoms with Gasteiger partial charge in [0.2, 0.25) is 0 Å². The molecule has 3 heteroatoms. The highest BCUT2D eigenvalue weighted by Crippen LogP contribution is 2.44. The van der Waals surface area contributed by atoms with E-state index in [2.05, 4.69) is 47.6 Å². The van der Waals surface area contributed by atoms with Gasteiger partial charge in [0.1, 0.15) is 0 Å². The molecule has 0 atom stereocenters. The van der Waals surface area contributed by atoms with E-state index in [1.54, 1.807) is 14.2 Å². The van der Waals surface area contributed by atoms with Gasteiger partial charge in [-0.3, -0.25) is 4.79 Å². The molecule has 0 aromatic heterocycles. The van der Waals surface area contributed by atoms with Crippen molar-refractivity contribution in [1.82, 2.24) is 0 Å². The summed E-state index contributed by atoms with van der Waals surface area (Å²) in [4.78, 5) is 11.5. The topological polar surface area (TPSA) is 35.5 Å². The van der Waals surface area contributed by atoms with Gasteiger partial charge in [0.25, 0.3) is 0 Å². The third-order valence-corrected chi connectivity index (χ3v) is 3.42. The number of hydrogen-bond donors (Lipinski definition) is 0. The molecule has 0 radical (unpaired) electrons. The molecule has 3 nitrogen and oxygen atoms in total. The molecule has 20 heavy (non-hydrogen) atoms. The Morgan fingerprint density at radius 3 is 1.60 bits per heavy atom. The van der Waals surface area contributed by atoms with E-state index in [9.17, 15) is 4.79 Å². The van der Waals surface area contributed by atoms with Gasteiger partial charge >= 0.3 is 0 Å². The summed E-state index contributed by atoms with van der Waals surface area (Å²) in [5.41, 5.74) is 2.36. The van der Waals surface area contributed by atoms with Gasteiger partial charge in [0.05, 0.1) is 19.8 Å². The van der Waals surface area contributed by atoms with Crippen LogP contribution in [0.2, 0.25) is 0 Å². The van der Waals surface area contributed by atoms with Crippen molar-refractivity contribution in [3.05, 3.63) is 22.8 Å². The predicted octanol–water partition coefficient (Wildman–Crippen LogP) is 4.11. The Kier molecular flexibility index (Phi) is 4.52. The maximum atomic E-state index is 11.5. The fourth-order valence-electron chi connectivity index (χ4n) is 2.35. The summed E-state index contributed by atoms with van der Waals surface area (Å²) in [6.07, 6.45) is 0.856. The van der Waals surface area contributed by atoms with Crippen molar-refractivity contribution in [3.8, 4) is 11.5 Å². The zero-order chi connectivity index (χ0) is 15.7. The molecular formula is C17H26O3. The molecule has 0 aliphatic heterocycles. The van der Waals surface area contributed by atoms with Crippen LogP contribution in [0.4, 0.5) is 0 Å². The fraction of sp³-hybridized carbons (Fsp3) is 0.588. The number of carbonyl (C=O) groups is 1. The van der Waals surface area contributed by atoms with Crippen molar-refractivity contribution in [2.24, 2.45) is 0 Å². The first kappa shape index (κ1) is 16.5. The van der Waals surface area contributed by atoms with E-state index < -0.39 is 0 Å². The normalized spacial score (nSPS) is 12.2. The van der Waals surface area contributed by atoms with Crippen LogP contribution in [0.3, 0.4) is 0 Å². The van der Waals surface area contributed by atoms with Crippen LogP contribution < -0.4 is 9.47 Å². The molecule has 1 aromatic carbocycles. The summed E-state index contributed by atoms with van der Waals surface area (Å²) < 4.78 is 11.0. The second kappa shape index (κ2) is 5.47. The summed E-state index contributed by atoms with van der Waals surface area (Å²) in [5, 5.41) is 0. The van der Waals surface area contributed by atoms with Crippen molar-refractivity contribution in [2.75, 3.05) is 14.2 Å². The van der Waals surface area contributed by atoms with Gasteiger partial charge < -0.3 is 9.47 Å². The number of aldehydes is 1. The molecule has 0 aliphatic rings. The first-order valence-electron chi connectivity index (χ1n) is 6.83. The monoisotopic (exact) mass is 278 g/mol. The van der Waals surface area contributed by atoms with Gasteiger partial charge in [0, 0.05) is 5.56 Å². The Bertz CT molecular complexity index is 502. The second-order valence-electron chi connectivity index (χ2n) is 7.07. The molecule has 1 aromatic rings. The van der Waals surface area contributed by atoms with E-state index in [1.165, 1.54) is 0 Å². The molecule has 0 N–H and O–H groups in total. The summed E-state index contributed by atoms with van der Waals surface area (Å²) in [6.45, 7) is 12.6. The largest absolute Gasteiger partial charge is 0.493 e. The van der Waals surface area contributed by atoms with E-state index in [1.807, 2.05) is 0 Å². The minimum atomic E-state index is -0.143. The molecule has 0 unspecified atom stereocenters. The summed E-state index contributed by atoms with van der Waals surface area (Å²) in [5.74, 6) is 1.18. The molecule has 0 bridgehead atoms. The van der Waals surface area contributed by atoms with Gasteiger partial charge in [0.15, 0.2) is 17.8 Å². The quantitative estimate of drug-likeness (QED) is 0.780. The lowest BCUT2D eigenvalue weighted by atomic mass is 9.77. The minimum absolute atomic E-state index is 0.0972. The highest BCUT2D eigenvalue weighted by atomic mass is 16.5. The Hall–Kier alpha value is -1.51. The Morgan fingerprint density at radius 1 is 0.850 bits per heavy atom. The number of hydrogen-bond acceptors (Lipinski definition) is 3. The molecule has 1 rings (SSSR count). The standard InChI is InChI=1S/C17H26O3/c1-16(2,3)12-9-13(17(4,5)6)15(20-8)14(19-7)11(12)10-18/h9-10H,1-8H3. The van der Waals surface area contributed by atoms with E-state index in [0.717, 1.165) is 17.4 Å². The summed E-state index contributed by atoms with van der Waals surface area (Å²) in [7, 11) is 3.18. The lowest BCUT2D eigenvalue weighted by Gasteiger charge is -2.29. The van der Waals surface area contributed by atoms with Gasteiger partial charge in [-0.25, -0.2) is 0 Å². The summed E-state index contributed by atoms with van der Waals surface area (Å²) in [6, 6.07) is 2.07. The second-order valence-corrected chi connectivity index (χ2v) is 7.07. The van der Waals surface area contributed by atoms with E-state index in [0.29, 0.717) is 17.1 Å². The Balaban J connectivity index is 3.85. The zero-order valence-corrected chi connectivity index (χ0v) is 13.9. The molecule has 0 fully saturated rings. The first-order chi connectivity index (χ1) is 9.07. The Labute approximate surface area is 122 Å².